The number of hydrogen-bond donors (Lipinski definition) is 1. The van der Waals surface area contributed by atoms with Gasteiger partial charge >= 0.3 is 0 Å². The maximum atomic E-state index is 13.8. The Kier molecular flexibility index (Phi) is 5.92. The number of halogens is 2. The smallest absolute Gasteiger partial charge is 0.227 e. The maximum absolute atomic E-state index is 13.8. The molecule has 28 heavy (non-hydrogen) atoms. The molecule has 0 bridgehead atoms. The Morgan fingerprint density at radius 3 is 2.50 bits per heavy atom. The van der Waals surface area contributed by atoms with Gasteiger partial charge < -0.3 is 15.0 Å². The highest BCUT2D eigenvalue weighted by Gasteiger charge is 2.22. The molecule has 1 N–H and O–H groups in total. The fourth-order valence-electron chi connectivity index (χ4n) is 3.60. The highest BCUT2D eigenvalue weighted by molar-refractivity contribution is 5.42. The average molecular weight is 390 g/mol. The summed E-state index contributed by atoms with van der Waals surface area (Å²) in [7, 11) is 0. The summed E-state index contributed by atoms with van der Waals surface area (Å²) in [4.78, 5) is 16.7. The minimum atomic E-state index is -0.586. The number of anilines is 2. The Morgan fingerprint density at radius 2 is 1.79 bits per heavy atom. The van der Waals surface area contributed by atoms with Gasteiger partial charge in [-0.25, -0.2) is 13.8 Å². The average Bonchev–Trinajstić information content (AvgIpc) is 2.73. The zero-order chi connectivity index (χ0) is 19.3. The third-order valence-corrected chi connectivity index (χ3v) is 5.21. The molecule has 0 amide bonds. The third-order valence-electron chi connectivity index (χ3n) is 5.21. The maximum Gasteiger partial charge on any atom is 0.227 e. The molecule has 7 nitrogen and oxygen atoms in total. The molecule has 0 aromatic carbocycles. The zero-order valence-corrected chi connectivity index (χ0v) is 15.7. The fraction of sp³-hybridized carbons (Fsp3) is 0.526. The normalized spacial score (nSPS) is 19.0. The van der Waals surface area contributed by atoms with Crippen LogP contribution < -0.4 is 10.2 Å². The van der Waals surface area contributed by atoms with Gasteiger partial charge in [-0.15, -0.1) is 0 Å². The van der Waals surface area contributed by atoms with Gasteiger partial charge in [0.05, 0.1) is 25.6 Å². The van der Waals surface area contributed by atoms with Crippen LogP contribution in [0.5, 0.6) is 0 Å². The van der Waals surface area contributed by atoms with Crippen LogP contribution in [0.4, 0.5) is 20.5 Å². The van der Waals surface area contributed by atoms with Crippen molar-refractivity contribution in [3.05, 3.63) is 41.9 Å². The van der Waals surface area contributed by atoms with Crippen LogP contribution >= 0.6 is 0 Å². The number of aromatic nitrogens is 3. The van der Waals surface area contributed by atoms with Crippen LogP contribution in [0.2, 0.25) is 0 Å². The summed E-state index contributed by atoms with van der Waals surface area (Å²) in [5.74, 6) is 0.351. The Bertz CT molecular complexity index is 773. The first-order chi connectivity index (χ1) is 13.7. The van der Waals surface area contributed by atoms with Gasteiger partial charge in [0.1, 0.15) is 17.5 Å². The van der Waals surface area contributed by atoms with Gasteiger partial charge in [-0.2, -0.15) is 4.98 Å². The van der Waals surface area contributed by atoms with Crippen LogP contribution in [0.25, 0.3) is 0 Å². The monoisotopic (exact) mass is 390 g/mol. The second-order valence-corrected chi connectivity index (χ2v) is 7.12. The first-order valence-electron chi connectivity index (χ1n) is 9.61. The SMILES string of the molecule is Fc1cncc(F)c1CN1CCC(Nc2ccnc(N3CCOCC3)n2)CC1. The molecule has 2 aliphatic heterocycles. The van der Waals surface area contributed by atoms with E-state index in [9.17, 15) is 8.78 Å². The largest absolute Gasteiger partial charge is 0.378 e. The van der Waals surface area contributed by atoms with E-state index in [-0.39, 0.29) is 18.2 Å². The fourth-order valence-corrected chi connectivity index (χ4v) is 3.60. The quantitative estimate of drug-likeness (QED) is 0.838. The van der Waals surface area contributed by atoms with E-state index in [4.69, 9.17) is 4.74 Å². The number of rotatable bonds is 5. The molecule has 150 valence electrons. The molecule has 4 rings (SSSR count). The Hall–Kier alpha value is -2.39. The van der Waals surface area contributed by atoms with Gasteiger partial charge in [0.25, 0.3) is 0 Å². The molecule has 9 heteroatoms. The lowest BCUT2D eigenvalue weighted by molar-refractivity contribution is 0.122. The molecular formula is C19H24F2N6O. The van der Waals surface area contributed by atoms with Crippen molar-refractivity contribution in [1.29, 1.82) is 0 Å². The van der Waals surface area contributed by atoms with E-state index in [1.807, 2.05) is 6.07 Å². The highest BCUT2D eigenvalue weighted by atomic mass is 19.1. The number of pyridine rings is 1. The summed E-state index contributed by atoms with van der Waals surface area (Å²) < 4.78 is 33.0. The van der Waals surface area contributed by atoms with Crippen molar-refractivity contribution in [3.63, 3.8) is 0 Å². The lowest BCUT2D eigenvalue weighted by Crippen LogP contribution is -2.39. The van der Waals surface area contributed by atoms with Crippen molar-refractivity contribution in [3.8, 4) is 0 Å². The van der Waals surface area contributed by atoms with Crippen molar-refractivity contribution >= 4 is 11.8 Å². The first-order valence-corrected chi connectivity index (χ1v) is 9.61. The number of likely N-dealkylation sites (tertiary alicyclic amines) is 1. The van der Waals surface area contributed by atoms with Crippen LogP contribution in [0, 0.1) is 11.6 Å². The van der Waals surface area contributed by atoms with E-state index < -0.39 is 11.6 Å². The van der Waals surface area contributed by atoms with E-state index in [2.05, 4.69) is 30.1 Å². The zero-order valence-electron chi connectivity index (χ0n) is 15.7. The molecule has 0 radical (unpaired) electrons. The Balaban J connectivity index is 1.31. The molecule has 2 saturated heterocycles. The van der Waals surface area contributed by atoms with Gasteiger partial charge in [0, 0.05) is 50.5 Å². The number of nitrogens with one attached hydrogen (secondary N) is 1. The van der Waals surface area contributed by atoms with E-state index in [0.717, 1.165) is 63.2 Å². The van der Waals surface area contributed by atoms with Gasteiger partial charge in [0.15, 0.2) is 0 Å². The Labute approximate surface area is 162 Å². The summed E-state index contributed by atoms with van der Waals surface area (Å²) in [5.41, 5.74) is 0.0902. The minimum Gasteiger partial charge on any atom is -0.378 e. The van der Waals surface area contributed by atoms with Crippen molar-refractivity contribution < 1.29 is 13.5 Å². The molecule has 4 heterocycles. The predicted molar refractivity (Wildman–Crippen MR) is 101 cm³/mol. The molecule has 2 aromatic rings. The molecule has 2 aliphatic rings. The van der Waals surface area contributed by atoms with E-state index in [1.165, 1.54) is 0 Å². The minimum absolute atomic E-state index is 0.0902. The first kappa shape index (κ1) is 18.9. The summed E-state index contributed by atoms with van der Waals surface area (Å²) in [6.45, 7) is 4.77. The number of hydrogen-bond acceptors (Lipinski definition) is 7. The molecule has 0 spiro atoms. The lowest BCUT2D eigenvalue weighted by atomic mass is 10.0. The van der Waals surface area contributed by atoms with Gasteiger partial charge in [-0.05, 0) is 18.9 Å². The molecule has 2 aromatic heterocycles. The van der Waals surface area contributed by atoms with Crippen LogP contribution in [-0.2, 0) is 11.3 Å². The topological polar surface area (TPSA) is 66.4 Å². The predicted octanol–water partition coefficient (Wildman–Crippen LogP) is 2.06. The summed E-state index contributed by atoms with van der Waals surface area (Å²) in [6, 6.07) is 2.15. The van der Waals surface area contributed by atoms with Gasteiger partial charge in [0.2, 0.25) is 5.95 Å². The number of morpholine rings is 1. The number of piperidine rings is 1. The van der Waals surface area contributed by atoms with Gasteiger partial charge in [-0.3, -0.25) is 9.88 Å². The van der Waals surface area contributed by atoms with Crippen LogP contribution in [0.3, 0.4) is 0 Å². The van der Waals surface area contributed by atoms with Gasteiger partial charge in [-0.1, -0.05) is 0 Å². The molecule has 0 aliphatic carbocycles. The van der Waals surface area contributed by atoms with Crippen LogP contribution in [-0.4, -0.2) is 65.3 Å². The number of nitrogens with zero attached hydrogens (tertiary/aromatic N) is 5. The van der Waals surface area contributed by atoms with Crippen LogP contribution in [0.1, 0.15) is 18.4 Å². The van der Waals surface area contributed by atoms with Crippen molar-refractivity contribution in [1.82, 2.24) is 19.9 Å². The molecule has 0 saturated carbocycles. The molecular weight excluding hydrogens is 366 g/mol. The second-order valence-electron chi connectivity index (χ2n) is 7.12. The lowest BCUT2D eigenvalue weighted by Gasteiger charge is -2.33. The molecule has 0 atom stereocenters. The third kappa shape index (κ3) is 4.53. The van der Waals surface area contributed by atoms with E-state index in [1.54, 1.807) is 6.20 Å². The standard InChI is InChI=1S/C19H24F2N6O/c20-16-11-22-12-17(21)15(16)13-26-5-2-14(3-6-26)24-18-1-4-23-19(25-18)27-7-9-28-10-8-27/h1,4,11-12,14H,2-3,5-10,13H2,(H,23,24,25). The summed E-state index contributed by atoms with van der Waals surface area (Å²) >= 11 is 0. The van der Waals surface area contributed by atoms with Crippen molar-refractivity contribution in [2.75, 3.05) is 49.6 Å². The van der Waals surface area contributed by atoms with Crippen LogP contribution in [0.15, 0.2) is 24.7 Å². The summed E-state index contributed by atoms with van der Waals surface area (Å²) in [5, 5.41) is 3.47. The van der Waals surface area contributed by atoms with Crippen molar-refractivity contribution in [2.45, 2.75) is 25.4 Å². The molecule has 0 unspecified atom stereocenters. The summed E-state index contributed by atoms with van der Waals surface area (Å²) in [6.07, 6.45) is 5.66. The van der Waals surface area contributed by atoms with E-state index in [0.29, 0.717) is 13.2 Å². The second kappa shape index (κ2) is 8.74. The Morgan fingerprint density at radius 1 is 1.07 bits per heavy atom. The molecule has 2 fully saturated rings. The van der Waals surface area contributed by atoms with Crippen molar-refractivity contribution in [2.24, 2.45) is 0 Å². The number of ether oxygens (including phenoxy) is 1. The van der Waals surface area contributed by atoms with E-state index >= 15 is 0 Å². The highest BCUT2D eigenvalue weighted by Crippen LogP contribution is 2.20.